The Kier molecular flexibility index (Phi) is 8.94. The number of unbranched alkanes of at least 4 members (excludes halogenated alkanes) is 1. The van der Waals surface area contributed by atoms with E-state index < -0.39 is 14.6 Å². The molecule has 0 aromatic rings. The zero-order chi connectivity index (χ0) is 16.5. The first-order chi connectivity index (χ1) is 9.60. The average molecular weight is 320 g/mol. The van der Waals surface area contributed by atoms with Crippen molar-refractivity contribution in [2.24, 2.45) is 10.9 Å². The van der Waals surface area contributed by atoms with E-state index in [4.69, 9.17) is 0 Å². The molecule has 0 aromatic heterocycles. The smallest absolute Gasteiger partial charge is 0.191 e. The van der Waals surface area contributed by atoms with Gasteiger partial charge in [0.05, 0.1) is 10.5 Å². The van der Waals surface area contributed by atoms with Gasteiger partial charge in [0.2, 0.25) is 0 Å². The largest absolute Gasteiger partial charge is 0.356 e. The van der Waals surface area contributed by atoms with E-state index in [2.05, 4.69) is 29.5 Å². The van der Waals surface area contributed by atoms with Crippen molar-refractivity contribution in [1.29, 1.82) is 0 Å². The predicted octanol–water partition coefficient (Wildman–Crippen LogP) is 2.19. The van der Waals surface area contributed by atoms with Crippen LogP contribution in [-0.4, -0.2) is 45.0 Å². The third kappa shape index (κ3) is 8.96. The van der Waals surface area contributed by atoms with E-state index in [1.807, 2.05) is 0 Å². The van der Waals surface area contributed by atoms with Crippen LogP contribution in [-0.2, 0) is 9.84 Å². The van der Waals surface area contributed by atoms with Gasteiger partial charge in [0.15, 0.2) is 15.8 Å². The van der Waals surface area contributed by atoms with Crippen LogP contribution in [0.25, 0.3) is 0 Å². The normalized spacial score (nSPS) is 13.6. The van der Waals surface area contributed by atoms with Crippen LogP contribution in [0.2, 0.25) is 0 Å². The van der Waals surface area contributed by atoms with Gasteiger partial charge in [-0.1, -0.05) is 26.7 Å². The summed E-state index contributed by atoms with van der Waals surface area (Å²) in [5.74, 6) is 1.53. The maximum absolute atomic E-state index is 12.0. The minimum Gasteiger partial charge on any atom is -0.356 e. The van der Waals surface area contributed by atoms with Crippen LogP contribution in [0, 0.1) is 5.92 Å². The predicted molar refractivity (Wildman–Crippen MR) is 91.6 cm³/mol. The highest BCUT2D eigenvalue weighted by atomic mass is 32.2. The molecule has 6 heteroatoms. The highest BCUT2D eigenvalue weighted by Gasteiger charge is 2.28. The van der Waals surface area contributed by atoms with Crippen molar-refractivity contribution < 1.29 is 8.42 Å². The van der Waals surface area contributed by atoms with Crippen molar-refractivity contribution in [3.63, 3.8) is 0 Å². The number of guanidine groups is 1. The van der Waals surface area contributed by atoms with Crippen LogP contribution < -0.4 is 10.6 Å². The van der Waals surface area contributed by atoms with Crippen LogP contribution in [0.1, 0.15) is 53.9 Å². The molecule has 0 radical (unpaired) electrons. The molecule has 21 heavy (non-hydrogen) atoms. The van der Waals surface area contributed by atoms with Gasteiger partial charge >= 0.3 is 0 Å². The highest BCUT2D eigenvalue weighted by Crippen LogP contribution is 2.15. The molecule has 0 aliphatic rings. The minimum atomic E-state index is -3.09. The molecule has 0 bridgehead atoms. The lowest BCUT2D eigenvalue weighted by atomic mass is 10.1. The van der Waals surface area contributed by atoms with E-state index in [1.165, 1.54) is 12.8 Å². The van der Waals surface area contributed by atoms with Gasteiger partial charge in [0.1, 0.15) is 0 Å². The van der Waals surface area contributed by atoms with Gasteiger partial charge in [-0.3, -0.25) is 4.99 Å². The van der Waals surface area contributed by atoms with Crippen LogP contribution >= 0.6 is 0 Å². The quantitative estimate of drug-likeness (QED) is 0.409. The second kappa shape index (κ2) is 9.28. The Morgan fingerprint density at radius 1 is 1.10 bits per heavy atom. The molecular formula is C15H33N3O2S. The molecule has 126 valence electrons. The van der Waals surface area contributed by atoms with Crippen LogP contribution in [0.15, 0.2) is 4.99 Å². The Labute approximate surface area is 130 Å². The standard InChI is InChI=1S/C15H33N3O2S/c1-13(2)9-7-8-10-17-14(16-6)18-11-12-21(19,20)15(3,4)5/h13H,7-12H2,1-6H3,(H2,16,17,18). The van der Waals surface area contributed by atoms with Crippen molar-refractivity contribution in [3.8, 4) is 0 Å². The fraction of sp³-hybridized carbons (Fsp3) is 0.933. The second-order valence-electron chi connectivity index (χ2n) is 6.75. The Balaban J connectivity index is 3.98. The number of sulfone groups is 1. The molecule has 0 aromatic carbocycles. The molecule has 0 aliphatic carbocycles. The van der Waals surface area contributed by atoms with E-state index in [9.17, 15) is 8.42 Å². The van der Waals surface area contributed by atoms with Gasteiger partial charge in [-0.2, -0.15) is 0 Å². The molecule has 0 heterocycles. The van der Waals surface area contributed by atoms with Crippen molar-refractivity contribution in [3.05, 3.63) is 0 Å². The molecule has 0 aliphatic heterocycles. The SMILES string of the molecule is CN=C(NCCCCC(C)C)NCCS(=O)(=O)C(C)(C)C. The van der Waals surface area contributed by atoms with E-state index in [0.29, 0.717) is 12.5 Å². The molecule has 0 rings (SSSR count). The maximum Gasteiger partial charge on any atom is 0.191 e. The molecule has 0 saturated carbocycles. The average Bonchev–Trinajstić information content (AvgIpc) is 2.34. The molecule has 0 atom stereocenters. The first-order valence-electron chi connectivity index (χ1n) is 7.77. The van der Waals surface area contributed by atoms with Crippen LogP contribution in [0.4, 0.5) is 0 Å². The monoisotopic (exact) mass is 319 g/mol. The first-order valence-corrected chi connectivity index (χ1v) is 9.42. The van der Waals surface area contributed by atoms with Crippen molar-refractivity contribution in [2.45, 2.75) is 58.6 Å². The van der Waals surface area contributed by atoms with E-state index in [-0.39, 0.29) is 5.75 Å². The summed E-state index contributed by atoms with van der Waals surface area (Å²) in [7, 11) is -1.39. The number of rotatable bonds is 8. The van der Waals surface area contributed by atoms with Crippen LogP contribution in [0.3, 0.4) is 0 Å². The van der Waals surface area contributed by atoms with Gasteiger partial charge in [-0.15, -0.1) is 0 Å². The number of hydrogen-bond donors (Lipinski definition) is 2. The molecule has 0 amide bonds. The summed E-state index contributed by atoms with van der Waals surface area (Å²) in [6.07, 6.45) is 3.52. The van der Waals surface area contributed by atoms with Crippen LogP contribution in [0.5, 0.6) is 0 Å². The second-order valence-corrected chi connectivity index (χ2v) is 9.61. The summed E-state index contributed by atoms with van der Waals surface area (Å²) in [4.78, 5) is 4.10. The summed E-state index contributed by atoms with van der Waals surface area (Å²) < 4.78 is 23.3. The zero-order valence-electron chi connectivity index (χ0n) is 14.5. The first kappa shape index (κ1) is 20.2. The van der Waals surface area contributed by atoms with Gasteiger partial charge in [-0.05, 0) is 33.1 Å². The van der Waals surface area contributed by atoms with E-state index in [1.54, 1.807) is 27.8 Å². The molecule has 5 nitrogen and oxygen atoms in total. The lowest BCUT2D eigenvalue weighted by molar-refractivity contribution is 0.534. The number of aliphatic imine (C=N–C) groups is 1. The summed E-state index contributed by atoms with van der Waals surface area (Å²) in [6, 6.07) is 0. The Morgan fingerprint density at radius 3 is 2.14 bits per heavy atom. The highest BCUT2D eigenvalue weighted by molar-refractivity contribution is 7.92. The summed E-state index contributed by atoms with van der Waals surface area (Å²) in [5.41, 5.74) is 0. The molecular weight excluding hydrogens is 286 g/mol. The Hall–Kier alpha value is -0.780. The van der Waals surface area contributed by atoms with Crippen molar-refractivity contribution >= 4 is 15.8 Å². The maximum atomic E-state index is 12.0. The van der Waals surface area contributed by atoms with Gasteiger partial charge < -0.3 is 10.6 Å². The third-order valence-corrected chi connectivity index (χ3v) is 5.93. The lowest BCUT2D eigenvalue weighted by Gasteiger charge is -2.19. The molecule has 0 fully saturated rings. The molecule has 0 saturated heterocycles. The Morgan fingerprint density at radius 2 is 1.67 bits per heavy atom. The van der Waals surface area contributed by atoms with Crippen molar-refractivity contribution in [2.75, 3.05) is 25.9 Å². The molecule has 0 unspecified atom stereocenters. The van der Waals surface area contributed by atoms with E-state index in [0.717, 1.165) is 18.9 Å². The summed E-state index contributed by atoms with van der Waals surface area (Å²) in [5, 5.41) is 6.27. The van der Waals surface area contributed by atoms with E-state index >= 15 is 0 Å². The Bertz CT molecular complexity index is 409. The fourth-order valence-electron chi connectivity index (χ4n) is 1.71. The van der Waals surface area contributed by atoms with Crippen molar-refractivity contribution in [1.82, 2.24) is 10.6 Å². The molecule has 2 N–H and O–H groups in total. The lowest BCUT2D eigenvalue weighted by Crippen LogP contribution is -2.42. The van der Waals surface area contributed by atoms with Gasteiger partial charge in [0.25, 0.3) is 0 Å². The number of nitrogens with zero attached hydrogens (tertiary/aromatic N) is 1. The minimum absolute atomic E-state index is 0.116. The third-order valence-electron chi connectivity index (χ3n) is 3.32. The number of nitrogens with one attached hydrogen (secondary N) is 2. The number of hydrogen-bond acceptors (Lipinski definition) is 3. The van der Waals surface area contributed by atoms with Gasteiger partial charge in [0, 0.05) is 20.1 Å². The fourth-order valence-corrected chi connectivity index (χ4v) is 2.70. The zero-order valence-corrected chi connectivity index (χ0v) is 15.3. The van der Waals surface area contributed by atoms with Gasteiger partial charge in [-0.25, -0.2) is 8.42 Å². The topological polar surface area (TPSA) is 70.6 Å². The molecule has 0 spiro atoms. The summed E-state index contributed by atoms with van der Waals surface area (Å²) in [6.45, 7) is 10.9. The summed E-state index contributed by atoms with van der Waals surface area (Å²) >= 11 is 0.